The highest BCUT2D eigenvalue weighted by molar-refractivity contribution is 6.32. The van der Waals surface area contributed by atoms with Gasteiger partial charge in [0.2, 0.25) is 5.91 Å². The average Bonchev–Trinajstić information content (AvgIpc) is 3.04. The summed E-state index contributed by atoms with van der Waals surface area (Å²) in [5.74, 6) is 0.841. The zero-order chi connectivity index (χ0) is 16.3. The Kier molecular flexibility index (Phi) is 8.71. The van der Waals surface area contributed by atoms with Gasteiger partial charge in [0, 0.05) is 45.1 Å². The summed E-state index contributed by atoms with van der Waals surface area (Å²) in [4.78, 5) is 19.2. The monoisotopic (exact) mass is 410 g/mol. The number of nitrogens with zero attached hydrogens (tertiary/aromatic N) is 2. The van der Waals surface area contributed by atoms with Crippen LogP contribution in [0.25, 0.3) is 0 Å². The molecule has 2 fully saturated rings. The number of amides is 1. The lowest BCUT2D eigenvalue weighted by Gasteiger charge is -2.35. The van der Waals surface area contributed by atoms with Crippen LogP contribution in [0.2, 0.25) is 5.02 Å². The average molecular weight is 412 g/mol. The highest BCUT2D eigenvalue weighted by Gasteiger charge is 2.40. The van der Waals surface area contributed by atoms with Gasteiger partial charge in [-0.2, -0.15) is 0 Å². The molecule has 1 aromatic rings. The molecule has 6 nitrogen and oxygen atoms in total. The maximum absolute atomic E-state index is 12.7. The van der Waals surface area contributed by atoms with Gasteiger partial charge in [-0.25, -0.2) is 4.98 Å². The molecule has 2 aliphatic rings. The second-order valence-corrected chi connectivity index (χ2v) is 6.72. The SMILES string of the molecule is Cl.Cl.NCC1(C(=O)NC2CCN(c3ncccc3Cl)C2)CCOCC1. The summed E-state index contributed by atoms with van der Waals surface area (Å²) in [6.45, 7) is 3.13. The van der Waals surface area contributed by atoms with E-state index in [1.165, 1.54) is 0 Å². The molecule has 0 aromatic carbocycles. The Morgan fingerprint density at radius 1 is 1.44 bits per heavy atom. The van der Waals surface area contributed by atoms with Crippen LogP contribution in [0.1, 0.15) is 19.3 Å². The first-order chi connectivity index (χ1) is 11.1. The number of carbonyl (C=O) groups excluding carboxylic acids is 1. The molecule has 142 valence electrons. The molecule has 2 aliphatic heterocycles. The van der Waals surface area contributed by atoms with Gasteiger partial charge in [-0.05, 0) is 31.4 Å². The number of carbonyl (C=O) groups is 1. The van der Waals surface area contributed by atoms with Crippen molar-refractivity contribution in [3.63, 3.8) is 0 Å². The van der Waals surface area contributed by atoms with Crippen LogP contribution in [0.5, 0.6) is 0 Å². The number of nitrogens with one attached hydrogen (secondary N) is 1. The Balaban J connectivity index is 0.00000156. The normalized spacial score (nSPS) is 21.8. The third-order valence-corrected chi connectivity index (χ3v) is 5.18. The minimum Gasteiger partial charge on any atom is -0.381 e. The van der Waals surface area contributed by atoms with Crippen molar-refractivity contribution in [2.24, 2.45) is 11.1 Å². The van der Waals surface area contributed by atoms with Crippen molar-refractivity contribution in [1.29, 1.82) is 0 Å². The van der Waals surface area contributed by atoms with Crippen molar-refractivity contribution in [1.82, 2.24) is 10.3 Å². The zero-order valence-corrected chi connectivity index (χ0v) is 16.3. The summed E-state index contributed by atoms with van der Waals surface area (Å²) in [5.41, 5.74) is 5.42. The van der Waals surface area contributed by atoms with E-state index in [0.29, 0.717) is 37.6 Å². The molecule has 3 heterocycles. The van der Waals surface area contributed by atoms with E-state index >= 15 is 0 Å². The third kappa shape index (κ3) is 4.89. The number of ether oxygens (including phenoxy) is 1. The van der Waals surface area contributed by atoms with Crippen molar-refractivity contribution in [2.75, 3.05) is 37.7 Å². The summed E-state index contributed by atoms with van der Waals surface area (Å²) in [7, 11) is 0. The number of hydrogen-bond donors (Lipinski definition) is 2. The van der Waals surface area contributed by atoms with Gasteiger partial charge in [0.1, 0.15) is 5.82 Å². The van der Waals surface area contributed by atoms with Crippen LogP contribution < -0.4 is 16.0 Å². The first-order valence-corrected chi connectivity index (χ1v) is 8.47. The number of rotatable bonds is 4. The number of aromatic nitrogens is 1. The van der Waals surface area contributed by atoms with E-state index in [-0.39, 0.29) is 36.8 Å². The van der Waals surface area contributed by atoms with E-state index in [1.54, 1.807) is 6.20 Å². The maximum Gasteiger partial charge on any atom is 0.227 e. The second-order valence-electron chi connectivity index (χ2n) is 6.31. The van der Waals surface area contributed by atoms with Gasteiger partial charge in [0.05, 0.1) is 10.4 Å². The van der Waals surface area contributed by atoms with Crippen LogP contribution in [-0.2, 0) is 9.53 Å². The molecule has 1 unspecified atom stereocenters. The van der Waals surface area contributed by atoms with Crippen LogP contribution in [0, 0.1) is 5.41 Å². The summed E-state index contributed by atoms with van der Waals surface area (Å²) in [5, 5.41) is 3.81. The Morgan fingerprint density at radius 2 is 2.16 bits per heavy atom. The third-order valence-electron chi connectivity index (χ3n) is 4.88. The van der Waals surface area contributed by atoms with Crippen LogP contribution >= 0.6 is 36.4 Å². The fourth-order valence-corrected chi connectivity index (χ4v) is 3.55. The maximum atomic E-state index is 12.7. The first kappa shape index (κ1) is 22.3. The molecule has 0 bridgehead atoms. The van der Waals surface area contributed by atoms with Gasteiger partial charge in [0.15, 0.2) is 0 Å². The molecule has 0 radical (unpaired) electrons. The highest BCUT2D eigenvalue weighted by Crippen LogP contribution is 2.31. The van der Waals surface area contributed by atoms with E-state index in [2.05, 4.69) is 15.2 Å². The number of hydrogen-bond acceptors (Lipinski definition) is 5. The zero-order valence-electron chi connectivity index (χ0n) is 13.9. The Morgan fingerprint density at radius 3 is 2.80 bits per heavy atom. The molecule has 3 rings (SSSR count). The topological polar surface area (TPSA) is 80.5 Å². The number of nitrogens with two attached hydrogens (primary N) is 1. The summed E-state index contributed by atoms with van der Waals surface area (Å²) < 4.78 is 5.37. The fraction of sp³-hybridized carbons (Fsp3) is 0.625. The van der Waals surface area contributed by atoms with Crippen LogP contribution in [0.4, 0.5) is 5.82 Å². The van der Waals surface area contributed by atoms with Crippen LogP contribution in [0.15, 0.2) is 18.3 Å². The lowest BCUT2D eigenvalue weighted by atomic mass is 9.79. The molecule has 1 atom stereocenters. The molecule has 0 spiro atoms. The van der Waals surface area contributed by atoms with Gasteiger partial charge < -0.3 is 20.7 Å². The molecule has 3 N–H and O–H groups in total. The second kappa shape index (κ2) is 9.78. The molecule has 1 aromatic heterocycles. The highest BCUT2D eigenvalue weighted by atomic mass is 35.5. The minimum absolute atomic E-state index is 0. The molecular weight excluding hydrogens is 387 g/mol. The van der Waals surface area contributed by atoms with Crippen LogP contribution in [0.3, 0.4) is 0 Å². The van der Waals surface area contributed by atoms with Gasteiger partial charge in [-0.15, -0.1) is 24.8 Å². The number of pyridine rings is 1. The van der Waals surface area contributed by atoms with Crippen molar-refractivity contribution in [2.45, 2.75) is 25.3 Å². The summed E-state index contributed by atoms with van der Waals surface area (Å²) in [6.07, 6.45) is 4.00. The smallest absolute Gasteiger partial charge is 0.227 e. The van der Waals surface area contributed by atoms with E-state index < -0.39 is 5.41 Å². The number of halogens is 3. The lowest BCUT2D eigenvalue weighted by molar-refractivity contribution is -0.136. The Labute approximate surface area is 165 Å². The first-order valence-electron chi connectivity index (χ1n) is 8.09. The largest absolute Gasteiger partial charge is 0.381 e. The Bertz CT molecular complexity index is 570. The molecule has 1 amide bonds. The molecule has 25 heavy (non-hydrogen) atoms. The van der Waals surface area contributed by atoms with Crippen molar-refractivity contribution < 1.29 is 9.53 Å². The van der Waals surface area contributed by atoms with E-state index in [9.17, 15) is 4.79 Å². The summed E-state index contributed by atoms with van der Waals surface area (Å²) >= 11 is 6.20. The van der Waals surface area contributed by atoms with Crippen molar-refractivity contribution in [3.8, 4) is 0 Å². The number of anilines is 1. The van der Waals surface area contributed by atoms with Crippen molar-refractivity contribution in [3.05, 3.63) is 23.4 Å². The molecule has 0 aliphatic carbocycles. The van der Waals surface area contributed by atoms with Gasteiger partial charge in [-0.3, -0.25) is 4.79 Å². The van der Waals surface area contributed by atoms with E-state index in [4.69, 9.17) is 22.1 Å². The standard InChI is InChI=1S/C16H23ClN4O2.2ClH/c17-13-2-1-6-19-14(13)21-7-3-12(10-21)20-15(22)16(11-18)4-8-23-9-5-16;;/h1-2,6,12H,3-5,7-11,18H2,(H,20,22);2*1H. The minimum atomic E-state index is -0.478. The van der Waals surface area contributed by atoms with Crippen LogP contribution in [-0.4, -0.2) is 49.8 Å². The predicted octanol–water partition coefficient (Wildman–Crippen LogP) is 2.03. The lowest BCUT2D eigenvalue weighted by Crippen LogP contribution is -2.52. The molecule has 0 saturated carbocycles. The molecule has 9 heteroatoms. The summed E-state index contributed by atoms with van der Waals surface area (Å²) in [6, 6.07) is 3.75. The Hall–Kier alpha value is -0.790. The quantitative estimate of drug-likeness (QED) is 0.792. The van der Waals surface area contributed by atoms with E-state index in [0.717, 1.165) is 25.3 Å². The predicted molar refractivity (Wildman–Crippen MR) is 104 cm³/mol. The van der Waals surface area contributed by atoms with E-state index in [1.807, 2.05) is 12.1 Å². The molecule has 2 saturated heterocycles. The van der Waals surface area contributed by atoms with Gasteiger partial charge >= 0.3 is 0 Å². The van der Waals surface area contributed by atoms with Gasteiger partial charge in [-0.1, -0.05) is 11.6 Å². The fourth-order valence-electron chi connectivity index (χ4n) is 3.31. The van der Waals surface area contributed by atoms with Crippen molar-refractivity contribution >= 4 is 48.1 Å². The van der Waals surface area contributed by atoms with Gasteiger partial charge in [0.25, 0.3) is 0 Å². The molecular formula is C16H25Cl3N4O2.